The fourth-order valence-electron chi connectivity index (χ4n) is 3.76. The number of nitrogens with zero attached hydrogens (tertiary/aromatic N) is 1. The summed E-state index contributed by atoms with van der Waals surface area (Å²) in [5.74, 6) is 1.19. The molecule has 0 aliphatic carbocycles. The van der Waals surface area contributed by atoms with Crippen LogP contribution in [0.25, 0.3) is 0 Å². The minimum atomic E-state index is -0.546. The number of hydrogen-bond acceptors (Lipinski definition) is 6. The summed E-state index contributed by atoms with van der Waals surface area (Å²) in [5, 5.41) is 2.89. The number of carbonyl (C=O) groups is 2. The van der Waals surface area contributed by atoms with Crippen molar-refractivity contribution in [2.24, 2.45) is 0 Å². The Balaban J connectivity index is 1.65. The van der Waals surface area contributed by atoms with E-state index in [1.807, 2.05) is 51.1 Å². The summed E-state index contributed by atoms with van der Waals surface area (Å²) in [6.07, 6.45) is 0.868. The number of rotatable bonds is 7. The molecule has 2 amide bonds. The summed E-state index contributed by atoms with van der Waals surface area (Å²) in [4.78, 5) is 27.0. The molecule has 1 saturated heterocycles. The summed E-state index contributed by atoms with van der Waals surface area (Å²) < 4.78 is 22.3. The zero-order valence-electron chi connectivity index (χ0n) is 20.6. The highest BCUT2D eigenvalue weighted by molar-refractivity contribution is 5.95. The lowest BCUT2D eigenvalue weighted by molar-refractivity contribution is 0.0473. The molecule has 1 N–H and O–H groups in total. The van der Waals surface area contributed by atoms with Gasteiger partial charge in [0.25, 0.3) is 5.91 Å². The Morgan fingerprint density at radius 3 is 2.12 bits per heavy atom. The van der Waals surface area contributed by atoms with Crippen LogP contribution in [0, 0.1) is 0 Å². The van der Waals surface area contributed by atoms with Crippen molar-refractivity contribution in [3.8, 4) is 17.2 Å². The van der Waals surface area contributed by atoms with E-state index in [9.17, 15) is 9.59 Å². The van der Waals surface area contributed by atoms with Crippen molar-refractivity contribution in [2.45, 2.75) is 51.9 Å². The normalized spacial score (nSPS) is 14.3. The lowest BCUT2D eigenvalue weighted by atomic mass is 10.0. The zero-order chi connectivity index (χ0) is 24.7. The van der Waals surface area contributed by atoms with Crippen molar-refractivity contribution >= 4 is 12.0 Å². The number of benzene rings is 2. The summed E-state index contributed by atoms with van der Waals surface area (Å²) in [7, 11) is 3.07. The second-order valence-electron chi connectivity index (χ2n) is 9.20. The third-order valence-electron chi connectivity index (χ3n) is 5.44. The van der Waals surface area contributed by atoms with Gasteiger partial charge in [0.2, 0.25) is 5.75 Å². The Morgan fingerprint density at radius 2 is 1.59 bits per heavy atom. The Hall–Kier alpha value is -3.42. The van der Waals surface area contributed by atoms with E-state index in [2.05, 4.69) is 5.32 Å². The second kappa shape index (κ2) is 11.1. The zero-order valence-corrected chi connectivity index (χ0v) is 20.6. The van der Waals surface area contributed by atoms with Gasteiger partial charge in [-0.05, 0) is 51.3 Å². The molecule has 3 rings (SSSR count). The van der Waals surface area contributed by atoms with Crippen LogP contribution in [0.1, 0.15) is 49.5 Å². The molecule has 8 nitrogen and oxygen atoms in total. The van der Waals surface area contributed by atoms with Crippen molar-refractivity contribution in [2.75, 3.05) is 27.3 Å². The molecule has 2 aromatic carbocycles. The van der Waals surface area contributed by atoms with Gasteiger partial charge in [-0.2, -0.15) is 0 Å². The predicted octanol–water partition coefficient (Wildman–Crippen LogP) is 4.41. The molecular formula is C26H34N2O6. The molecule has 0 unspecified atom stereocenters. The number of piperidine rings is 1. The SMILES string of the molecule is COc1cc(C(=O)N2CCC(NC(=O)OC(C)(C)C)CC2)cc(OC)c1OCc1ccccc1. The summed E-state index contributed by atoms with van der Waals surface area (Å²) in [6, 6.07) is 13.1. The molecule has 2 aromatic rings. The summed E-state index contributed by atoms with van der Waals surface area (Å²) >= 11 is 0. The summed E-state index contributed by atoms with van der Waals surface area (Å²) in [6.45, 7) is 6.88. The third kappa shape index (κ3) is 6.79. The van der Waals surface area contributed by atoms with Gasteiger partial charge in [0.05, 0.1) is 14.2 Å². The van der Waals surface area contributed by atoms with Gasteiger partial charge in [0, 0.05) is 24.7 Å². The lowest BCUT2D eigenvalue weighted by Gasteiger charge is -2.33. The monoisotopic (exact) mass is 470 g/mol. The third-order valence-corrected chi connectivity index (χ3v) is 5.44. The van der Waals surface area contributed by atoms with E-state index in [1.165, 1.54) is 14.2 Å². The van der Waals surface area contributed by atoms with E-state index in [-0.39, 0.29) is 11.9 Å². The van der Waals surface area contributed by atoms with Crippen LogP contribution in [0.4, 0.5) is 4.79 Å². The van der Waals surface area contributed by atoms with Gasteiger partial charge >= 0.3 is 6.09 Å². The van der Waals surface area contributed by atoms with E-state index in [0.717, 1.165) is 5.56 Å². The molecule has 0 aromatic heterocycles. The molecule has 1 aliphatic rings. The fraction of sp³-hybridized carbons (Fsp3) is 0.462. The van der Waals surface area contributed by atoms with Crippen molar-refractivity contribution < 1.29 is 28.5 Å². The number of methoxy groups -OCH3 is 2. The molecule has 34 heavy (non-hydrogen) atoms. The maximum absolute atomic E-state index is 13.2. The van der Waals surface area contributed by atoms with Crippen LogP contribution in [0.3, 0.4) is 0 Å². The van der Waals surface area contributed by atoms with Crippen molar-refractivity contribution in [3.05, 3.63) is 53.6 Å². The Morgan fingerprint density at radius 1 is 1.00 bits per heavy atom. The standard InChI is InChI=1S/C26H34N2O6/c1-26(2,3)34-25(30)27-20-11-13-28(14-12-20)24(29)19-15-21(31-4)23(22(16-19)32-5)33-17-18-9-7-6-8-10-18/h6-10,15-16,20H,11-14,17H2,1-5H3,(H,27,30). The van der Waals surface area contributed by atoms with Gasteiger partial charge in [0.15, 0.2) is 11.5 Å². The Bertz CT molecular complexity index is 954. The van der Waals surface area contributed by atoms with Crippen LogP contribution < -0.4 is 19.5 Å². The Labute approximate surface area is 201 Å². The average Bonchev–Trinajstić information content (AvgIpc) is 2.81. The van der Waals surface area contributed by atoms with Crippen molar-refractivity contribution in [1.82, 2.24) is 10.2 Å². The van der Waals surface area contributed by atoms with E-state index >= 15 is 0 Å². The van der Waals surface area contributed by atoms with Gasteiger partial charge in [-0.25, -0.2) is 4.79 Å². The first-order chi connectivity index (χ1) is 16.2. The molecule has 0 radical (unpaired) electrons. The van der Waals surface area contributed by atoms with Crippen LogP contribution in [0.15, 0.2) is 42.5 Å². The largest absolute Gasteiger partial charge is 0.493 e. The molecule has 8 heteroatoms. The minimum absolute atomic E-state index is 0.0308. The molecule has 0 bridgehead atoms. The van der Waals surface area contributed by atoms with Gasteiger partial charge in [-0.1, -0.05) is 30.3 Å². The highest BCUT2D eigenvalue weighted by Gasteiger charge is 2.27. The van der Waals surface area contributed by atoms with Gasteiger partial charge in [-0.3, -0.25) is 4.79 Å². The van der Waals surface area contributed by atoms with Crippen molar-refractivity contribution in [1.29, 1.82) is 0 Å². The van der Waals surface area contributed by atoms with Crippen molar-refractivity contribution in [3.63, 3.8) is 0 Å². The van der Waals surface area contributed by atoms with Crippen LogP contribution in [-0.4, -0.2) is 55.9 Å². The number of hydrogen-bond donors (Lipinski definition) is 1. The van der Waals surface area contributed by atoms with Crippen LogP contribution in [-0.2, 0) is 11.3 Å². The molecular weight excluding hydrogens is 436 g/mol. The topological polar surface area (TPSA) is 86.3 Å². The molecule has 184 valence electrons. The molecule has 0 spiro atoms. The summed E-state index contributed by atoms with van der Waals surface area (Å²) in [5.41, 5.74) is 0.921. The van der Waals surface area contributed by atoms with Gasteiger partial charge in [0.1, 0.15) is 12.2 Å². The lowest BCUT2D eigenvalue weighted by Crippen LogP contribution is -2.47. The highest BCUT2D eigenvalue weighted by atomic mass is 16.6. The first-order valence-corrected chi connectivity index (χ1v) is 11.4. The van der Waals surface area contributed by atoms with Gasteiger partial charge < -0.3 is 29.2 Å². The highest BCUT2D eigenvalue weighted by Crippen LogP contribution is 2.39. The first-order valence-electron chi connectivity index (χ1n) is 11.4. The van der Waals surface area contributed by atoms with Gasteiger partial charge in [-0.15, -0.1) is 0 Å². The number of amides is 2. The van der Waals surface area contributed by atoms with E-state index in [4.69, 9.17) is 18.9 Å². The number of alkyl carbamates (subject to hydrolysis) is 1. The number of likely N-dealkylation sites (tertiary alicyclic amines) is 1. The smallest absolute Gasteiger partial charge is 0.407 e. The molecule has 1 heterocycles. The maximum Gasteiger partial charge on any atom is 0.407 e. The Kier molecular flexibility index (Phi) is 8.26. The van der Waals surface area contributed by atoms with Crippen LogP contribution in [0.5, 0.6) is 17.2 Å². The molecule has 0 saturated carbocycles. The quantitative estimate of drug-likeness (QED) is 0.645. The van der Waals surface area contributed by atoms with Crippen LogP contribution in [0.2, 0.25) is 0 Å². The fourth-order valence-corrected chi connectivity index (χ4v) is 3.76. The second-order valence-corrected chi connectivity index (χ2v) is 9.20. The maximum atomic E-state index is 13.2. The molecule has 1 fully saturated rings. The van der Waals surface area contributed by atoms with Crippen LogP contribution >= 0.6 is 0 Å². The predicted molar refractivity (Wildman–Crippen MR) is 129 cm³/mol. The van der Waals surface area contributed by atoms with E-state index in [1.54, 1.807) is 17.0 Å². The van der Waals surface area contributed by atoms with E-state index in [0.29, 0.717) is 55.4 Å². The number of ether oxygens (including phenoxy) is 4. The molecule has 0 atom stereocenters. The molecule has 1 aliphatic heterocycles. The van der Waals surface area contributed by atoms with E-state index < -0.39 is 11.7 Å². The minimum Gasteiger partial charge on any atom is -0.493 e. The number of nitrogens with one attached hydrogen (secondary N) is 1. The number of carbonyl (C=O) groups excluding carboxylic acids is 2. The average molecular weight is 471 g/mol. The first kappa shape index (κ1) is 25.2.